The van der Waals surface area contributed by atoms with Crippen molar-refractivity contribution in [2.45, 2.75) is 57.7 Å². The molecule has 3 aliphatic heterocycles. The average molecular weight is 840 g/mol. The van der Waals surface area contributed by atoms with Gasteiger partial charge in [-0.3, -0.25) is 43.6 Å². The molecule has 6 rings (SSSR count). The maximum absolute atomic E-state index is 14.7. The predicted molar refractivity (Wildman–Crippen MR) is 210 cm³/mol. The molecule has 0 bridgehead atoms. The minimum Gasteiger partial charge on any atom is -0.492 e. The van der Waals surface area contributed by atoms with E-state index >= 15 is 0 Å². The number of nitrogens with zero attached hydrogens (tertiary/aromatic N) is 6. The molecule has 3 aromatic rings. The number of Topliss-reactive ketones (excluding diaryl/α,β-unsaturated/α-hetero) is 1. The van der Waals surface area contributed by atoms with Crippen LogP contribution in [0.2, 0.25) is 0 Å². The highest BCUT2D eigenvalue weighted by Gasteiger charge is 2.51. The number of halogens is 5. The van der Waals surface area contributed by atoms with Crippen LogP contribution < -0.4 is 19.9 Å². The maximum Gasteiger partial charge on any atom is 0.419 e. The first-order valence-electron chi connectivity index (χ1n) is 19.0. The monoisotopic (exact) mass is 839 g/mol. The molecule has 1 atom stereocenters. The van der Waals surface area contributed by atoms with Gasteiger partial charge in [0.05, 0.1) is 30.7 Å². The summed E-state index contributed by atoms with van der Waals surface area (Å²) >= 11 is 5.62. The quantitative estimate of drug-likeness (QED) is 0.134. The fourth-order valence-electron chi connectivity index (χ4n) is 7.56. The van der Waals surface area contributed by atoms with Gasteiger partial charge in [-0.05, 0) is 85.9 Å². The van der Waals surface area contributed by atoms with Gasteiger partial charge in [-0.15, -0.1) is 0 Å². The number of hydrogen-bond acceptors (Lipinski definition) is 10. The molecule has 0 radical (unpaired) electrons. The fourth-order valence-corrected chi connectivity index (χ4v) is 8.08. The molecule has 0 saturated carbocycles. The number of piperazine rings is 1. The van der Waals surface area contributed by atoms with Crippen LogP contribution in [0, 0.1) is 23.1 Å². The van der Waals surface area contributed by atoms with Gasteiger partial charge in [0, 0.05) is 63.6 Å². The Labute approximate surface area is 342 Å². The molecule has 3 saturated heterocycles. The molecule has 3 fully saturated rings. The summed E-state index contributed by atoms with van der Waals surface area (Å²) in [4.78, 5) is 60.5. The van der Waals surface area contributed by atoms with E-state index < -0.39 is 41.4 Å². The number of hydrogen-bond donors (Lipinski definition) is 1. The van der Waals surface area contributed by atoms with Gasteiger partial charge in [0.1, 0.15) is 29.8 Å². The number of nitriles is 1. The number of aromatic nitrogens is 1. The number of piperidine rings is 1. The van der Waals surface area contributed by atoms with Gasteiger partial charge in [0.15, 0.2) is 16.6 Å². The van der Waals surface area contributed by atoms with Gasteiger partial charge < -0.3 is 9.64 Å². The number of carbonyl (C=O) groups is 4. The van der Waals surface area contributed by atoms with E-state index in [9.17, 15) is 41.1 Å². The maximum atomic E-state index is 14.7. The van der Waals surface area contributed by atoms with Crippen molar-refractivity contribution >= 4 is 52.2 Å². The lowest BCUT2D eigenvalue weighted by molar-refractivity contribution is -0.138. The van der Waals surface area contributed by atoms with Crippen molar-refractivity contribution in [2.75, 3.05) is 62.3 Å². The predicted octanol–water partition coefficient (Wildman–Crippen LogP) is 4.94. The minimum atomic E-state index is -4.90. The van der Waals surface area contributed by atoms with Gasteiger partial charge in [-0.2, -0.15) is 18.4 Å². The lowest BCUT2D eigenvalue weighted by Gasteiger charge is -2.34. The summed E-state index contributed by atoms with van der Waals surface area (Å²) in [5.41, 5.74) is -1.86. The number of carbonyl (C=O) groups excluding carboxylic acids is 4. The molecule has 59 heavy (non-hydrogen) atoms. The molecule has 1 aromatic heterocycles. The summed E-state index contributed by atoms with van der Waals surface area (Å²) in [6.45, 7) is 5.85. The van der Waals surface area contributed by atoms with Crippen molar-refractivity contribution in [3.05, 3.63) is 82.4 Å². The van der Waals surface area contributed by atoms with Crippen LogP contribution in [-0.4, -0.2) is 101 Å². The van der Waals surface area contributed by atoms with Crippen LogP contribution in [0.5, 0.6) is 5.75 Å². The zero-order chi connectivity index (χ0) is 42.6. The van der Waals surface area contributed by atoms with E-state index in [1.807, 2.05) is 4.90 Å². The van der Waals surface area contributed by atoms with Gasteiger partial charge in [0.25, 0.3) is 5.91 Å². The SMILES string of the molecule is CC1(C)C(=O)N(c2cnc(C#N)c(C(F)(F)F)c2)C(=S)N1c1ccc(OCCN2CCN(CC(=O)Cc3cc(CC4CCC(=O)NC4=O)ccc3F)CC2)c(CCF)c1. The number of amides is 3. The van der Waals surface area contributed by atoms with E-state index in [2.05, 4.69) is 15.2 Å². The largest absolute Gasteiger partial charge is 0.492 e. The van der Waals surface area contributed by atoms with Crippen molar-refractivity contribution in [2.24, 2.45) is 5.92 Å². The highest BCUT2D eigenvalue weighted by Crippen LogP contribution is 2.40. The Morgan fingerprint density at radius 3 is 2.44 bits per heavy atom. The summed E-state index contributed by atoms with van der Waals surface area (Å²) < 4.78 is 75.7. The van der Waals surface area contributed by atoms with Crippen LogP contribution >= 0.6 is 12.2 Å². The van der Waals surface area contributed by atoms with E-state index in [4.69, 9.17) is 22.2 Å². The van der Waals surface area contributed by atoms with Crippen LogP contribution in [0.25, 0.3) is 0 Å². The molecule has 12 nitrogen and oxygen atoms in total. The number of pyridine rings is 1. The van der Waals surface area contributed by atoms with Crippen LogP contribution in [0.3, 0.4) is 0 Å². The zero-order valence-corrected chi connectivity index (χ0v) is 33.2. The third-order valence-corrected chi connectivity index (χ3v) is 11.1. The summed E-state index contributed by atoms with van der Waals surface area (Å²) in [5.74, 6) is -1.87. The first-order valence-corrected chi connectivity index (χ1v) is 19.5. The Kier molecular flexibility index (Phi) is 13.1. The molecule has 3 aliphatic rings. The summed E-state index contributed by atoms with van der Waals surface area (Å²) in [5, 5.41) is 11.4. The van der Waals surface area contributed by atoms with E-state index in [1.165, 1.54) is 17.0 Å². The molecule has 3 amide bonds. The topological polar surface area (TPSA) is 139 Å². The Balaban J connectivity index is 1.02. The molecule has 0 aliphatic carbocycles. The standard InChI is InChI=1S/C41H42F5N7O5S/c1-40(2)38(57)52(30-21-32(41(44,45)46)34(22-47)48-23-30)39(59)53(40)29-5-7-35(26(19-29)9-10-42)58-16-15-50-11-13-51(14-12-50)24-31(54)20-28-18-25(3-6-33(28)43)17-27-4-8-36(55)49-37(27)56/h3,5-7,18-19,21,23,27H,4,8-17,20,24H2,1-2H3,(H,49,55,56). The lowest BCUT2D eigenvalue weighted by atomic mass is 9.90. The number of benzene rings is 2. The second-order valence-electron chi connectivity index (χ2n) is 15.2. The first kappa shape index (κ1) is 43.2. The number of rotatable bonds is 14. The van der Waals surface area contributed by atoms with Crippen LogP contribution in [-0.2, 0) is 44.6 Å². The second kappa shape index (κ2) is 17.9. The Morgan fingerprint density at radius 2 is 1.76 bits per heavy atom. The Bertz CT molecular complexity index is 2190. The van der Waals surface area contributed by atoms with Gasteiger partial charge >= 0.3 is 6.18 Å². The van der Waals surface area contributed by atoms with E-state index in [-0.39, 0.29) is 72.3 Å². The first-order chi connectivity index (χ1) is 28.0. The smallest absolute Gasteiger partial charge is 0.419 e. The number of nitrogens with one attached hydrogen (secondary N) is 1. The van der Waals surface area contributed by atoms with E-state index in [0.29, 0.717) is 68.6 Å². The average Bonchev–Trinajstić information content (AvgIpc) is 3.36. The Morgan fingerprint density at radius 1 is 1.03 bits per heavy atom. The lowest BCUT2D eigenvalue weighted by Crippen LogP contribution is -2.49. The number of imide groups is 1. The summed E-state index contributed by atoms with van der Waals surface area (Å²) in [7, 11) is 0. The Hall–Kier alpha value is -5.38. The number of aryl methyl sites for hydroxylation is 1. The van der Waals surface area contributed by atoms with Crippen molar-refractivity contribution in [3.63, 3.8) is 0 Å². The highest BCUT2D eigenvalue weighted by molar-refractivity contribution is 7.81. The summed E-state index contributed by atoms with van der Waals surface area (Å²) in [6, 6.07) is 11.5. The number of ketones is 1. The number of thiocarbonyl (C=S) groups is 1. The molecule has 2 aromatic carbocycles. The molecule has 4 heterocycles. The van der Waals surface area contributed by atoms with Crippen molar-refractivity contribution in [3.8, 4) is 11.8 Å². The van der Waals surface area contributed by atoms with Gasteiger partial charge in [-0.1, -0.05) is 12.1 Å². The molecular formula is C41H42F5N7O5S. The number of alkyl halides is 4. The molecule has 18 heteroatoms. The van der Waals surface area contributed by atoms with Crippen LogP contribution in [0.15, 0.2) is 48.7 Å². The van der Waals surface area contributed by atoms with Crippen molar-refractivity contribution in [1.29, 1.82) is 5.26 Å². The highest BCUT2D eigenvalue weighted by atomic mass is 32.1. The van der Waals surface area contributed by atoms with Crippen molar-refractivity contribution in [1.82, 2.24) is 20.1 Å². The van der Waals surface area contributed by atoms with Crippen molar-refractivity contribution < 1.29 is 45.9 Å². The molecule has 1 N–H and O–H groups in total. The number of ether oxygens (including phenoxy) is 1. The fraction of sp³-hybridized carbons (Fsp3) is 0.439. The molecule has 312 valence electrons. The van der Waals surface area contributed by atoms with E-state index in [1.54, 1.807) is 44.2 Å². The normalized spacial score (nSPS) is 18.9. The third kappa shape index (κ3) is 9.75. The molecule has 1 unspecified atom stereocenters. The summed E-state index contributed by atoms with van der Waals surface area (Å²) in [6.07, 6.45) is -2.99. The molecule has 0 spiro atoms. The van der Waals surface area contributed by atoms with Crippen LogP contribution in [0.1, 0.15) is 54.6 Å². The molecular weight excluding hydrogens is 798 g/mol. The van der Waals surface area contributed by atoms with E-state index in [0.717, 1.165) is 16.7 Å². The minimum absolute atomic E-state index is 0.0168. The second-order valence-corrected chi connectivity index (χ2v) is 15.6. The van der Waals surface area contributed by atoms with Crippen LogP contribution in [0.4, 0.5) is 33.3 Å². The zero-order valence-electron chi connectivity index (χ0n) is 32.4. The van der Waals surface area contributed by atoms with Gasteiger partial charge in [-0.25, -0.2) is 9.37 Å². The number of anilines is 2. The third-order valence-electron chi connectivity index (χ3n) is 10.7. The van der Waals surface area contributed by atoms with Gasteiger partial charge in [0.2, 0.25) is 11.8 Å².